The standard InChI is InChI=1S/C21H22N6O3S/c1-11-8-12(2)24-21(23-11)27-20-18(13(3)26-27)19(31-10-17(29)25-20)14-4-6-15(7-5-14)30-9-16(22)28/h4-8,19H,9-10H2,1-3H3,(H2,22,28)(H,25,29)/t19-/m1/s1. The van der Waals surface area contributed by atoms with E-state index in [9.17, 15) is 9.59 Å². The zero-order valence-electron chi connectivity index (χ0n) is 17.4. The van der Waals surface area contributed by atoms with Gasteiger partial charge in [-0.05, 0) is 44.5 Å². The topological polar surface area (TPSA) is 125 Å². The molecule has 9 nitrogen and oxygen atoms in total. The lowest BCUT2D eigenvalue weighted by atomic mass is 10.0. The van der Waals surface area contributed by atoms with Crippen LogP contribution in [0.2, 0.25) is 0 Å². The van der Waals surface area contributed by atoms with E-state index in [1.165, 1.54) is 11.8 Å². The van der Waals surface area contributed by atoms with Gasteiger partial charge >= 0.3 is 0 Å². The first kappa shape index (κ1) is 20.9. The zero-order valence-corrected chi connectivity index (χ0v) is 18.2. The average Bonchev–Trinajstić information content (AvgIpc) is 2.92. The summed E-state index contributed by atoms with van der Waals surface area (Å²) in [7, 11) is 0. The third-order valence-corrected chi connectivity index (χ3v) is 6.00. The number of rotatable bonds is 5. The first-order chi connectivity index (χ1) is 14.8. The number of hydrogen-bond donors (Lipinski definition) is 2. The number of thioether (sulfide) groups is 1. The van der Waals surface area contributed by atoms with Gasteiger partial charge in [0, 0.05) is 17.0 Å². The number of aromatic nitrogens is 4. The van der Waals surface area contributed by atoms with Gasteiger partial charge in [0.25, 0.3) is 11.9 Å². The SMILES string of the molecule is Cc1cc(C)nc(-n2nc(C)c3c2NC(=O)CS[C@@H]3c2ccc(OCC(N)=O)cc2)n1. The number of primary amides is 1. The Labute approximate surface area is 183 Å². The van der Waals surface area contributed by atoms with E-state index in [2.05, 4.69) is 20.4 Å². The summed E-state index contributed by atoms with van der Waals surface area (Å²) < 4.78 is 6.95. The van der Waals surface area contributed by atoms with E-state index in [0.29, 0.717) is 23.3 Å². The number of nitrogens with one attached hydrogen (secondary N) is 1. The van der Waals surface area contributed by atoms with Crippen LogP contribution < -0.4 is 15.8 Å². The predicted octanol–water partition coefficient (Wildman–Crippen LogP) is 2.23. The number of amides is 2. The van der Waals surface area contributed by atoms with Crippen molar-refractivity contribution in [2.75, 3.05) is 17.7 Å². The lowest BCUT2D eigenvalue weighted by molar-refractivity contribution is -0.120. The highest BCUT2D eigenvalue weighted by Crippen LogP contribution is 2.43. The highest BCUT2D eigenvalue weighted by molar-refractivity contribution is 8.00. The Balaban J connectivity index is 1.75. The molecule has 0 bridgehead atoms. The van der Waals surface area contributed by atoms with Crippen molar-refractivity contribution in [2.45, 2.75) is 26.0 Å². The van der Waals surface area contributed by atoms with Gasteiger partial charge in [-0.25, -0.2) is 9.97 Å². The fourth-order valence-electron chi connectivity index (χ4n) is 3.49. The number of fused-ring (bicyclic) bond motifs is 1. The van der Waals surface area contributed by atoms with Gasteiger partial charge in [0.15, 0.2) is 6.61 Å². The van der Waals surface area contributed by atoms with E-state index in [-0.39, 0.29) is 17.8 Å². The molecule has 31 heavy (non-hydrogen) atoms. The maximum absolute atomic E-state index is 12.5. The number of benzene rings is 1. The Morgan fingerprint density at radius 2 is 1.90 bits per heavy atom. The van der Waals surface area contributed by atoms with Gasteiger partial charge in [-0.15, -0.1) is 11.8 Å². The maximum atomic E-state index is 12.5. The van der Waals surface area contributed by atoms with Crippen LogP contribution in [0.1, 0.15) is 33.5 Å². The molecule has 160 valence electrons. The molecule has 1 aliphatic rings. The summed E-state index contributed by atoms with van der Waals surface area (Å²) in [6, 6.07) is 9.28. The van der Waals surface area contributed by atoms with Crippen LogP contribution in [0.25, 0.3) is 5.95 Å². The Kier molecular flexibility index (Phi) is 5.64. The molecule has 0 saturated carbocycles. The summed E-state index contributed by atoms with van der Waals surface area (Å²) in [5.41, 5.74) is 9.45. The Bertz CT molecular complexity index is 1140. The minimum atomic E-state index is -0.533. The summed E-state index contributed by atoms with van der Waals surface area (Å²) in [6.45, 7) is 5.52. The third-order valence-electron chi connectivity index (χ3n) is 4.73. The normalized spacial score (nSPS) is 15.7. The molecular weight excluding hydrogens is 416 g/mol. The highest BCUT2D eigenvalue weighted by atomic mass is 32.2. The lowest BCUT2D eigenvalue weighted by Crippen LogP contribution is -2.19. The van der Waals surface area contributed by atoms with Crippen LogP contribution in [0.3, 0.4) is 0 Å². The van der Waals surface area contributed by atoms with E-state index in [0.717, 1.165) is 28.2 Å². The van der Waals surface area contributed by atoms with E-state index in [4.69, 9.17) is 10.5 Å². The molecule has 3 N–H and O–H groups in total. The predicted molar refractivity (Wildman–Crippen MR) is 117 cm³/mol. The first-order valence-electron chi connectivity index (χ1n) is 9.66. The van der Waals surface area contributed by atoms with Crippen LogP contribution in [0.5, 0.6) is 5.75 Å². The maximum Gasteiger partial charge on any atom is 0.255 e. The van der Waals surface area contributed by atoms with Crippen molar-refractivity contribution >= 4 is 29.4 Å². The number of hydrogen-bond acceptors (Lipinski definition) is 7. The number of nitrogens with zero attached hydrogens (tertiary/aromatic N) is 4. The molecule has 3 aromatic rings. The molecule has 1 aliphatic heterocycles. The molecule has 1 atom stereocenters. The number of carbonyl (C=O) groups excluding carboxylic acids is 2. The molecule has 0 unspecified atom stereocenters. The Hall–Kier alpha value is -3.40. The van der Waals surface area contributed by atoms with Gasteiger partial charge in [0.1, 0.15) is 11.6 Å². The summed E-state index contributed by atoms with van der Waals surface area (Å²) in [4.78, 5) is 32.4. The third kappa shape index (κ3) is 4.38. The Morgan fingerprint density at radius 1 is 1.23 bits per heavy atom. The largest absolute Gasteiger partial charge is 0.484 e. The van der Waals surface area contributed by atoms with Crippen molar-refractivity contribution < 1.29 is 14.3 Å². The van der Waals surface area contributed by atoms with Gasteiger partial charge in [0.05, 0.1) is 16.7 Å². The lowest BCUT2D eigenvalue weighted by Gasteiger charge is -2.16. The molecule has 0 fully saturated rings. The van der Waals surface area contributed by atoms with Gasteiger partial charge in [0.2, 0.25) is 5.91 Å². The molecule has 1 aromatic carbocycles. The van der Waals surface area contributed by atoms with E-state index < -0.39 is 5.91 Å². The number of aryl methyl sites for hydroxylation is 3. The molecule has 0 aliphatic carbocycles. The highest BCUT2D eigenvalue weighted by Gasteiger charge is 2.31. The van der Waals surface area contributed by atoms with Gasteiger partial charge in [-0.3, -0.25) is 9.59 Å². The second kappa shape index (κ2) is 8.38. The molecule has 0 saturated heterocycles. The van der Waals surface area contributed by atoms with Crippen LogP contribution in [0.4, 0.5) is 5.82 Å². The monoisotopic (exact) mass is 438 g/mol. The van der Waals surface area contributed by atoms with Crippen molar-refractivity contribution in [1.82, 2.24) is 19.7 Å². The molecule has 2 aromatic heterocycles. The molecule has 3 heterocycles. The van der Waals surface area contributed by atoms with E-state index >= 15 is 0 Å². The quantitative estimate of drug-likeness (QED) is 0.626. The minimum absolute atomic E-state index is 0.110. The molecule has 10 heteroatoms. The van der Waals surface area contributed by atoms with Crippen molar-refractivity contribution in [2.24, 2.45) is 5.73 Å². The summed E-state index contributed by atoms with van der Waals surface area (Å²) >= 11 is 1.52. The second-order valence-electron chi connectivity index (χ2n) is 7.27. The fraction of sp³-hybridized carbons (Fsp3) is 0.286. The summed E-state index contributed by atoms with van der Waals surface area (Å²) in [5, 5.41) is 7.50. The molecule has 0 radical (unpaired) electrons. The smallest absolute Gasteiger partial charge is 0.255 e. The van der Waals surface area contributed by atoms with Crippen LogP contribution >= 0.6 is 11.8 Å². The minimum Gasteiger partial charge on any atom is -0.484 e. The van der Waals surface area contributed by atoms with Crippen molar-refractivity contribution in [1.29, 1.82) is 0 Å². The van der Waals surface area contributed by atoms with Crippen molar-refractivity contribution in [3.8, 4) is 11.7 Å². The molecule has 2 amide bonds. The first-order valence-corrected chi connectivity index (χ1v) is 10.7. The number of carbonyl (C=O) groups is 2. The van der Waals surface area contributed by atoms with E-state index in [1.54, 1.807) is 16.8 Å². The molecule has 0 spiro atoms. The average molecular weight is 439 g/mol. The molecular formula is C21H22N6O3S. The van der Waals surface area contributed by atoms with Crippen molar-refractivity contribution in [3.05, 3.63) is 58.5 Å². The molecule has 4 rings (SSSR count). The zero-order chi connectivity index (χ0) is 22.1. The van der Waals surface area contributed by atoms with Crippen LogP contribution in [-0.2, 0) is 9.59 Å². The summed E-state index contributed by atoms with van der Waals surface area (Å²) in [5.74, 6) is 1.20. The van der Waals surface area contributed by atoms with Crippen LogP contribution in [-0.4, -0.2) is 43.9 Å². The van der Waals surface area contributed by atoms with Crippen LogP contribution in [0.15, 0.2) is 30.3 Å². The van der Waals surface area contributed by atoms with Gasteiger partial charge in [-0.2, -0.15) is 9.78 Å². The van der Waals surface area contributed by atoms with Gasteiger partial charge < -0.3 is 15.8 Å². The number of ether oxygens (including phenoxy) is 1. The second-order valence-corrected chi connectivity index (χ2v) is 8.37. The fourth-order valence-corrected chi connectivity index (χ4v) is 4.68. The van der Waals surface area contributed by atoms with E-state index in [1.807, 2.05) is 39.0 Å². The van der Waals surface area contributed by atoms with Crippen molar-refractivity contribution in [3.63, 3.8) is 0 Å². The number of anilines is 1. The van der Waals surface area contributed by atoms with Gasteiger partial charge in [-0.1, -0.05) is 12.1 Å². The summed E-state index contributed by atoms with van der Waals surface area (Å²) in [6.07, 6.45) is 0. The number of nitrogens with two attached hydrogens (primary N) is 1. The Morgan fingerprint density at radius 3 is 2.55 bits per heavy atom. The van der Waals surface area contributed by atoms with Crippen LogP contribution in [0, 0.1) is 20.8 Å².